The van der Waals surface area contributed by atoms with E-state index in [1.54, 1.807) is 18.2 Å². The number of benzene rings is 2. The molecule has 0 saturated heterocycles. The molecule has 2 aromatic carbocycles. The summed E-state index contributed by atoms with van der Waals surface area (Å²) in [4.78, 5) is 0. The van der Waals surface area contributed by atoms with Crippen molar-refractivity contribution in [3.63, 3.8) is 0 Å². The Labute approximate surface area is 138 Å². The highest BCUT2D eigenvalue weighted by atomic mass is 35.5. The second-order valence-corrected chi connectivity index (χ2v) is 5.58. The first kappa shape index (κ1) is 16.1. The minimum Gasteiger partial charge on any atom is -0.506 e. The second-order valence-electron chi connectivity index (χ2n) is 4.33. The van der Waals surface area contributed by atoms with Gasteiger partial charge in [0.15, 0.2) is 0 Å². The van der Waals surface area contributed by atoms with Gasteiger partial charge >= 0.3 is 0 Å². The number of rotatable bonds is 5. The van der Waals surface area contributed by atoms with Crippen LogP contribution >= 0.6 is 34.8 Å². The van der Waals surface area contributed by atoms with Gasteiger partial charge in [-0.15, -0.1) is 0 Å². The fourth-order valence-electron chi connectivity index (χ4n) is 1.83. The SMILES string of the molecule is CCOc1ccc(NCc2cc(Cl)cc(Cl)c2O)cc1Cl. The fraction of sp³-hybridized carbons (Fsp3) is 0.200. The summed E-state index contributed by atoms with van der Waals surface area (Å²) in [5.41, 5.74) is 1.41. The van der Waals surface area contributed by atoms with Crippen LogP contribution < -0.4 is 10.1 Å². The summed E-state index contributed by atoms with van der Waals surface area (Å²) in [6.45, 7) is 2.83. The van der Waals surface area contributed by atoms with Gasteiger partial charge in [0.1, 0.15) is 11.5 Å². The van der Waals surface area contributed by atoms with E-state index in [0.29, 0.717) is 34.5 Å². The van der Waals surface area contributed by atoms with Gasteiger partial charge in [-0.05, 0) is 37.3 Å². The van der Waals surface area contributed by atoms with Gasteiger partial charge in [0.2, 0.25) is 0 Å². The average molecular weight is 347 g/mol. The Balaban J connectivity index is 2.12. The monoisotopic (exact) mass is 345 g/mol. The van der Waals surface area contributed by atoms with E-state index in [2.05, 4.69) is 5.32 Å². The van der Waals surface area contributed by atoms with E-state index in [9.17, 15) is 5.11 Å². The van der Waals surface area contributed by atoms with Crippen LogP contribution in [0.3, 0.4) is 0 Å². The summed E-state index contributed by atoms with van der Waals surface area (Å²) in [5, 5.41) is 14.3. The van der Waals surface area contributed by atoms with Gasteiger partial charge in [0.25, 0.3) is 0 Å². The van der Waals surface area contributed by atoms with E-state index in [-0.39, 0.29) is 10.8 Å². The third kappa shape index (κ3) is 4.10. The summed E-state index contributed by atoms with van der Waals surface area (Å²) >= 11 is 17.9. The molecule has 0 heterocycles. The van der Waals surface area contributed by atoms with Crippen molar-refractivity contribution in [2.75, 3.05) is 11.9 Å². The molecule has 0 unspecified atom stereocenters. The molecule has 0 fully saturated rings. The van der Waals surface area contributed by atoms with E-state index in [1.165, 1.54) is 6.07 Å². The van der Waals surface area contributed by atoms with Crippen LogP contribution in [-0.2, 0) is 6.54 Å². The van der Waals surface area contributed by atoms with Crippen LogP contribution in [0.5, 0.6) is 11.5 Å². The molecule has 0 amide bonds. The maximum atomic E-state index is 9.89. The Morgan fingerprint density at radius 1 is 1.10 bits per heavy atom. The van der Waals surface area contributed by atoms with Crippen molar-refractivity contribution in [1.82, 2.24) is 0 Å². The number of ether oxygens (including phenoxy) is 1. The van der Waals surface area contributed by atoms with Crippen molar-refractivity contribution >= 4 is 40.5 Å². The molecule has 0 atom stereocenters. The highest BCUT2D eigenvalue weighted by Crippen LogP contribution is 2.32. The first-order valence-corrected chi connectivity index (χ1v) is 7.47. The molecule has 0 aliphatic rings. The molecule has 0 aliphatic heterocycles. The smallest absolute Gasteiger partial charge is 0.139 e. The van der Waals surface area contributed by atoms with Gasteiger partial charge in [-0.25, -0.2) is 0 Å². The fourth-order valence-corrected chi connectivity index (χ4v) is 2.61. The maximum absolute atomic E-state index is 9.89. The molecular weight excluding hydrogens is 333 g/mol. The van der Waals surface area contributed by atoms with Gasteiger partial charge < -0.3 is 15.2 Å². The third-order valence-corrected chi connectivity index (χ3v) is 3.62. The zero-order chi connectivity index (χ0) is 15.4. The highest BCUT2D eigenvalue weighted by Gasteiger charge is 2.08. The predicted molar refractivity (Wildman–Crippen MR) is 88.1 cm³/mol. The number of halogens is 3. The summed E-state index contributed by atoms with van der Waals surface area (Å²) in [6, 6.07) is 8.55. The lowest BCUT2D eigenvalue weighted by atomic mass is 10.2. The van der Waals surface area contributed by atoms with E-state index < -0.39 is 0 Å². The van der Waals surface area contributed by atoms with Gasteiger partial charge in [-0.2, -0.15) is 0 Å². The van der Waals surface area contributed by atoms with Crippen LogP contribution in [0.1, 0.15) is 12.5 Å². The van der Waals surface area contributed by atoms with Crippen LogP contribution in [0, 0.1) is 0 Å². The lowest BCUT2D eigenvalue weighted by Gasteiger charge is -2.11. The maximum Gasteiger partial charge on any atom is 0.139 e. The second kappa shape index (κ2) is 7.12. The van der Waals surface area contributed by atoms with Crippen LogP contribution in [0.4, 0.5) is 5.69 Å². The molecule has 0 spiro atoms. The van der Waals surface area contributed by atoms with Gasteiger partial charge in [0, 0.05) is 22.8 Å². The number of hydrogen-bond donors (Lipinski definition) is 2. The van der Waals surface area contributed by atoms with Crippen molar-refractivity contribution in [1.29, 1.82) is 0 Å². The molecule has 2 aromatic rings. The van der Waals surface area contributed by atoms with Gasteiger partial charge in [0.05, 0.1) is 16.7 Å². The van der Waals surface area contributed by atoms with Crippen LogP contribution in [0.2, 0.25) is 15.1 Å². The number of phenolic OH excluding ortho intramolecular Hbond substituents is 1. The van der Waals surface area contributed by atoms with E-state index in [1.807, 2.05) is 13.0 Å². The van der Waals surface area contributed by atoms with Crippen molar-refractivity contribution in [2.45, 2.75) is 13.5 Å². The Morgan fingerprint density at radius 2 is 1.86 bits per heavy atom. The van der Waals surface area contributed by atoms with Crippen molar-refractivity contribution in [3.8, 4) is 11.5 Å². The molecule has 6 heteroatoms. The van der Waals surface area contributed by atoms with Gasteiger partial charge in [-0.1, -0.05) is 34.8 Å². The van der Waals surface area contributed by atoms with Crippen molar-refractivity contribution < 1.29 is 9.84 Å². The molecule has 2 rings (SSSR count). The van der Waals surface area contributed by atoms with Crippen LogP contribution in [0.15, 0.2) is 30.3 Å². The normalized spacial score (nSPS) is 10.5. The Kier molecular flexibility index (Phi) is 5.45. The van der Waals surface area contributed by atoms with Crippen LogP contribution in [-0.4, -0.2) is 11.7 Å². The molecule has 112 valence electrons. The number of anilines is 1. The standard InChI is InChI=1S/C15H14Cl3NO2/c1-2-21-14-4-3-11(7-12(14)17)19-8-9-5-10(16)6-13(18)15(9)20/h3-7,19-20H,2,8H2,1H3. The molecule has 2 N–H and O–H groups in total. The lowest BCUT2D eigenvalue weighted by Crippen LogP contribution is -2.00. The van der Waals surface area contributed by atoms with E-state index >= 15 is 0 Å². The molecule has 3 nitrogen and oxygen atoms in total. The number of aromatic hydroxyl groups is 1. The van der Waals surface area contributed by atoms with Gasteiger partial charge in [-0.3, -0.25) is 0 Å². The minimum absolute atomic E-state index is 0.0191. The lowest BCUT2D eigenvalue weighted by molar-refractivity contribution is 0.340. The molecule has 0 aliphatic carbocycles. The summed E-state index contributed by atoms with van der Waals surface area (Å²) in [7, 11) is 0. The summed E-state index contributed by atoms with van der Waals surface area (Å²) in [6.07, 6.45) is 0. The zero-order valence-electron chi connectivity index (χ0n) is 11.3. The first-order valence-electron chi connectivity index (χ1n) is 6.34. The molecule has 21 heavy (non-hydrogen) atoms. The Bertz CT molecular complexity index is 647. The molecule has 0 aromatic heterocycles. The molecule has 0 bridgehead atoms. The average Bonchev–Trinajstić information content (AvgIpc) is 2.44. The van der Waals surface area contributed by atoms with E-state index in [4.69, 9.17) is 39.5 Å². The predicted octanol–water partition coefficient (Wildman–Crippen LogP) is 5.36. The Hall–Kier alpha value is -1.29. The number of phenols is 1. The minimum atomic E-state index is 0.0191. The number of hydrogen-bond acceptors (Lipinski definition) is 3. The highest BCUT2D eigenvalue weighted by molar-refractivity contribution is 6.35. The quantitative estimate of drug-likeness (QED) is 0.765. The largest absolute Gasteiger partial charge is 0.506 e. The topological polar surface area (TPSA) is 41.5 Å². The number of nitrogens with one attached hydrogen (secondary N) is 1. The van der Waals surface area contributed by atoms with Crippen LogP contribution in [0.25, 0.3) is 0 Å². The summed E-state index contributed by atoms with van der Waals surface area (Å²) < 4.78 is 5.37. The van der Waals surface area contributed by atoms with E-state index in [0.717, 1.165) is 5.69 Å². The molecule has 0 saturated carbocycles. The summed E-state index contributed by atoms with van der Waals surface area (Å²) in [5.74, 6) is 0.656. The Morgan fingerprint density at radius 3 is 2.52 bits per heavy atom. The third-order valence-electron chi connectivity index (χ3n) is 2.82. The van der Waals surface area contributed by atoms with Crippen molar-refractivity contribution in [3.05, 3.63) is 51.0 Å². The zero-order valence-corrected chi connectivity index (χ0v) is 13.6. The molecular formula is C15H14Cl3NO2. The first-order chi connectivity index (χ1) is 10.0. The van der Waals surface area contributed by atoms with Crippen molar-refractivity contribution in [2.24, 2.45) is 0 Å². The molecule has 0 radical (unpaired) electrons.